The lowest BCUT2D eigenvalue weighted by Crippen LogP contribution is -2.39. The standard InChI is InChI=1S/C24H25F3N4O2S/c25-24(26,27)19-5-10-28-14-18(19)23(33)31-11-6-16(7-12-31)3-1-2-8-30-22(32)20-13-17-4-9-29-15-21(17)34-20/h4-5,9-10,13-16H,1-3,6-8,11-12H2,(H,30,32). The van der Waals surface area contributed by atoms with Gasteiger partial charge < -0.3 is 10.2 Å². The van der Waals surface area contributed by atoms with Crippen molar-refractivity contribution in [3.63, 3.8) is 0 Å². The first-order valence-electron chi connectivity index (χ1n) is 11.2. The van der Waals surface area contributed by atoms with Gasteiger partial charge in [0.25, 0.3) is 11.8 Å². The molecular weight excluding hydrogens is 465 g/mol. The average molecular weight is 491 g/mol. The molecule has 1 aliphatic heterocycles. The number of amides is 2. The Morgan fingerprint density at radius 3 is 2.56 bits per heavy atom. The second-order valence-electron chi connectivity index (χ2n) is 8.43. The molecule has 0 atom stereocenters. The van der Waals surface area contributed by atoms with E-state index in [-0.39, 0.29) is 11.5 Å². The molecule has 0 unspecified atom stereocenters. The molecule has 0 aliphatic carbocycles. The molecule has 0 radical (unpaired) electrons. The van der Waals surface area contributed by atoms with Crippen molar-refractivity contribution in [2.45, 2.75) is 38.3 Å². The van der Waals surface area contributed by atoms with Crippen molar-refractivity contribution in [1.82, 2.24) is 20.2 Å². The molecule has 10 heteroatoms. The largest absolute Gasteiger partial charge is 0.417 e. The van der Waals surface area contributed by atoms with E-state index in [9.17, 15) is 22.8 Å². The third kappa shape index (κ3) is 5.72. The summed E-state index contributed by atoms with van der Waals surface area (Å²) in [6.07, 6.45) is 5.19. The van der Waals surface area contributed by atoms with Crippen LogP contribution in [0.3, 0.4) is 0 Å². The summed E-state index contributed by atoms with van der Waals surface area (Å²) in [5.41, 5.74) is -1.33. The van der Waals surface area contributed by atoms with Gasteiger partial charge in [0.05, 0.1) is 20.7 Å². The lowest BCUT2D eigenvalue weighted by molar-refractivity contribution is -0.138. The highest BCUT2D eigenvalue weighted by atomic mass is 32.1. The average Bonchev–Trinajstić information content (AvgIpc) is 3.28. The zero-order chi connectivity index (χ0) is 24.1. The van der Waals surface area contributed by atoms with E-state index in [4.69, 9.17) is 0 Å². The number of hydrogen-bond acceptors (Lipinski definition) is 5. The third-order valence-corrected chi connectivity index (χ3v) is 7.21. The number of thiophene rings is 1. The highest BCUT2D eigenvalue weighted by molar-refractivity contribution is 7.20. The normalized spacial score (nSPS) is 15.0. The van der Waals surface area contributed by atoms with Crippen LogP contribution in [-0.4, -0.2) is 46.3 Å². The van der Waals surface area contributed by atoms with Crippen LogP contribution in [0.1, 0.15) is 57.7 Å². The summed E-state index contributed by atoms with van der Waals surface area (Å²) < 4.78 is 40.6. The maximum atomic E-state index is 13.2. The first-order valence-corrected chi connectivity index (χ1v) is 12.1. The van der Waals surface area contributed by atoms with E-state index in [1.165, 1.54) is 16.2 Å². The maximum absolute atomic E-state index is 13.2. The van der Waals surface area contributed by atoms with Crippen molar-refractivity contribution < 1.29 is 22.8 Å². The number of piperidine rings is 1. The smallest absolute Gasteiger partial charge is 0.351 e. The van der Waals surface area contributed by atoms with E-state index < -0.39 is 17.6 Å². The van der Waals surface area contributed by atoms with Crippen LogP contribution in [0.4, 0.5) is 13.2 Å². The van der Waals surface area contributed by atoms with Gasteiger partial charge in [-0.2, -0.15) is 13.2 Å². The van der Waals surface area contributed by atoms with Crippen LogP contribution in [0.25, 0.3) is 10.1 Å². The summed E-state index contributed by atoms with van der Waals surface area (Å²) in [5.74, 6) is -0.272. The topological polar surface area (TPSA) is 75.2 Å². The van der Waals surface area contributed by atoms with Crippen LogP contribution >= 0.6 is 11.3 Å². The van der Waals surface area contributed by atoms with Gasteiger partial charge in [0, 0.05) is 44.4 Å². The monoisotopic (exact) mass is 490 g/mol. The first-order chi connectivity index (χ1) is 16.3. The van der Waals surface area contributed by atoms with Crippen molar-refractivity contribution in [2.24, 2.45) is 5.92 Å². The summed E-state index contributed by atoms with van der Waals surface area (Å²) >= 11 is 1.42. The number of hydrogen-bond donors (Lipinski definition) is 1. The number of carbonyl (C=O) groups is 2. The Hall–Kier alpha value is -3.01. The first kappa shape index (κ1) is 24.1. The number of carbonyl (C=O) groups excluding carboxylic acids is 2. The van der Waals surface area contributed by atoms with E-state index in [0.29, 0.717) is 30.4 Å². The van der Waals surface area contributed by atoms with Crippen molar-refractivity contribution in [1.29, 1.82) is 0 Å². The highest BCUT2D eigenvalue weighted by Gasteiger charge is 2.36. The molecule has 6 nitrogen and oxygen atoms in total. The van der Waals surface area contributed by atoms with E-state index >= 15 is 0 Å². The Balaban J connectivity index is 1.17. The third-order valence-electron chi connectivity index (χ3n) is 6.13. The lowest BCUT2D eigenvalue weighted by atomic mass is 9.91. The molecule has 2 amide bonds. The van der Waals surface area contributed by atoms with Gasteiger partial charge in [-0.15, -0.1) is 11.3 Å². The number of alkyl halides is 3. The second kappa shape index (κ2) is 10.5. The van der Waals surface area contributed by atoms with Crippen LogP contribution in [0.2, 0.25) is 0 Å². The summed E-state index contributed by atoms with van der Waals surface area (Å²) in [5, 5.41) is 3.96. The van der Waals surface area contributed by atoms with Gasteiger partial charge in [-0.1, -0.05) is 12.8 Å². The van der Waals surface area contributed by atoms with Gasteiger partial charge in [0.2, 0.25) is 0 Å². The molecule has 3 aromatic rings. The fourth-order valence-electron chi connectivity index (χ4n) is 4.25. The van der Waals surface area contributed by atoms with Gasteiger partial charge in [0.15, 0.2) is 0 Å². The summed E-state index contributed by atoms with van der Waals surface area (Å²) in [6.45, 7) is 1.46. The van der Waals surface area contributed by atoms with E-state index in [2.05, 4.69) is 15.3 Å². The molecule has 0 spiro atoms. The number of fused-ring (bicyclic) bond motifs is 1. The van der Waals surface area contributed by atoms with Crippen LogP contribution in [0.5, 0.6) is 0 Å². The number of nitrogens with one attached hydrogen (secondary N) is 1. The van der Waals surface area contributed by atoms with Crippen LogP contribution in [0, 0.1) is 5.92 Å². The summed E-state index contributed by atoms with van der Waals surface area (Å²) in [7, 11) is 0. The van der Waals surface area contributed by atoms with E-state index in [1.54, 1.807) is 12.4 Å². The molecule has 1 saturated heterocycles. The maximum Gasteiger partial charge on any atom is 0.417 e. The molecule has 1 N–H and O–H groups in total. The minimum Gasteiger partial charge on any atom is -0.351 e. The van der Waals surface area contributed by atoms with Gasteiger partial charge in [0.1, 0.15) is 0 Å². The highest BCUT2D eigenvalue weighted by Crippen LogP contribution is 2.33. The van der Waals surface area contributed by atoms with Crippen molar-refractivity contribution in [3.05, 3.63) is 59.0 Å². The molecule has 0 aromatic carbocycles. The Morgan fingerprint density at radius 1 is 1.09 bits per heavy atom. The predicted octanol–water partition coefficient (Wildman–Crippen LogP) is 5.16. The van der Waals surface area contributed by atoms with Crippen molar-refractivity contribution >= 4 is 33.2 Å². The predicted molar refractivity (Wildman–Crippen MR) is 124 cm³/mol. The zero-order valence-corrected chi connectivity index (χ0v) is 19.3. The number of aromatic nitrogens is 2. The Morgan fingerprint density at radius 2 is 1.82 bits per heavy atom. The molecular formula is C24H25F3N4O2S. The number of unbranched alkanes of at least 4 members (excludes halogenated alkanes) is 1. The molecule has 180 valence electrons. The Kier molecular flexibility index (Phi) is 7.45. The lowest BCUT2D eigenvalue weighted by Gasteiger charge is -2.32. The quantitative estimate of drug-likeness (QED) is 0.464. The van der Waals surface area contributed by atoms with E-state index in [1.807, 2.05) is 12.1 Å². The molecule has 4 heterocycles. The zero-order valence-electron chi connectivity index (χ0n) is 18.5. The minimum absolute atomic E-state index is 0.0818. The summed E-state index contributed by atoms with van der Waals surface area (Å²) in [6, 6.07) is 4.60. The van der Waals surface area contributed by atoms with Gasteiger partial charge in [-0.3, -0.25) is 19.6 Å². The fraction of sp³-hybridized carbons (Fsp3) is 0.417. The van der Waals surface area contributed by atoms with Gasteiger partial charge in [-0.25, -0.2) is 0 Å². The van der Waals surface area contributed by atoms with Crippen molar-refractivity contribution in [2.75, 3.05) is 19.6 Å². The molecule has 1 fully saturated rings. The second-order valence-corrected chi connectivity index (χ2v) is 9.51. The number of rotatable bonds is 7. The van der Waals surface area contributed by atoms with Crippen LogP contribution in [-0.2, 0) is 6.18 Å². The summed E-state index contributed by atoms with van der Waals surface area (Å²) in [4.78, 5) is 34.9. The molecule has 1 aliphatic rings. The fourth-order valence-corrected chi connectivity index (χ4v) is 5.20. The number of pyridine rings is 2. The SMILES string of the molecule is O=C(NCCCCC1CCN(C(=O)c2cnccc2C(F)(F)F)CC1)c1cc2ccncc2s1. The van der Waals surface area contributed by atoms with Gasteiger partial charge in [-0.05, 0) is 48.8 Å². The number of nitrogens with zero attached hydrogens (tertiary/aromatic N) is 3. The van der Waals surface area contributed by atoms with Crippen molar-refractivity contribution in [3.8, 4) is 0 Å². The molecule has 3 aromatic heterocycles. The van der Waals surface area contributed by atoms with Crippen LogP contribution < -0.4 is 5.32 Å². The number of halogens is 3. The number of likely N-dealkylation sites (tertiary alicyclic amines) is 1. The Bertz CT molecular complexity index is 1120. The minimum atomic E-state index is -4.59. The Labute approximate surface area is 199 Å². The molecule has 4 rings (SSSR count). The molecule has 0 saturated carbocycles. The molecule has 34 heavy (non-hydrogen) atoms. The van der Waals surface area contributed by atoms with Crippen LogP contribution in [0.15, 0.2) is 43.0 Å². The molecule has 0 bridgehead atoms. The van der Waals surface area contributed by atoms with E-state index in [0.717, 1.165) is 60.7 Å². The van der Waals surface area contributed by atoms with Gasteiger partial charge >= 0.3 is 6.18 Å².